The van der Waals surface area contributed by atoms with Crippen LogP contribution in [0.25, 0.3) is 0 Å². The molecule has 1 saturated carbocycles. The van der Waals surface area contributed by atoms with Gasteiger partial charge in [-0.15, -0.1) is 0 Å². The van der Waals surface area contributed by atoms with Gasteiger partial charge in [0.1, 0.15) is 0 Å². The van der Waals surface area contributed by atoms with Crippen LogP contribution >= 0.6 is 0 Å². The fourth-order valence-corrected chi connectivity index (χ4v) is 3.81. The molecule has 1 N–H and O–H groups in total. The molecule has 2 heterocycles. The molecular weight excluding hydrogens is 250 g/mol. The van der Waals surface area contributed by atoms with Gasteiger partial charge in [-0.05, 0) is 39.7 Å². The molecule has 1 spiro atoms. The minimum Gasteiger partial charge on any atom is -0.370 e. The SMILES string of the molecule is CNCc1cn(CC2CCC3(CCCCC3)O2)nc1C. The molecule has 2 fully saturated rings. The Morgan fingerprint density at radius 1 is 1.35 bits per heavy atom. The highest BCUT2D eigenvalue weighted by Crippen LogP contribution is 2.42. The molecule has 1 aliphatic carbocycles. The van der Waals surface area contributed by atoms with E-state index in [1.807, 2.05) is 7.05 Å². The van der Waals surface area contributed by atoms with Crippen LogP contribution in [0.4, 0.5) is 0 Å². The van der Waals surface area contributed by atoms with E-state index >= 15 is 0 Å². The summed E-state index contributed by atoms with van der Waals surface area (Å²) in [5, 5.41) is 7.82. The molecule has 3 rings (SSSR count). The predicted molar refractivity (Wildman–Crippen MR) is 79.7 cm³/mol. The van der Waals surface area contributed by atoms with Crippen molar-refractivity contribution < 1.29 is 4.74 Å². The summed E-state index contributed by atoms with van der Waals surface area (Å²) in [4.78, 5) is 0. The molecule has 20 heavy (non-hydrogen) atoms. The molecule has 0 amide bonds. The second kappa shape index (κ2) is 5.86. The Balaban J connectivity index is 1.60. The molecule has 4 nitrogen and oxygen atoms in total. The van der Waals surface area contributed by atoms with Gasteiger partial charge in [0.25, 0.3) is 0 Å². The first-order chi connectivity index (χ1) is 9.71. The third kappa shape index (κ3) is 2.91. The lowest BCUT2D eigenvalue weighted by Crippen LogP contribution is -2.32. The van der Waals surface area contributed by atoms with Gasteiger partial charge < -0.3 is 10.1 Å². The number of nitrogens with one attached hydrogen (secondary N) is 1. The molecule has 1 aromatic rings. The second-order valence-corrected chi connectivity index (χ2v) is 6.51. The molecule has 2 aliphatic rings. The minimum atomic E-state index is 0.221. The zero-order chi connectivity index (χ0) is 14.0. The summed E-state index contributed by atoms with van der Waals surface area (Å²) in [7, 11) is 1.98. The summed E-state index contributed by atoms with van der Waals surface area (Å²) in [5.41, 5.74) is 2.64. The number of aryl methyl sites for hydroxylation is 1. The Kier molecular flexibility index (Phi) is 4.13. The average molecular weight is 277 g/mol. The van der Waals surface area contributed by atoms with Gasteiger partial charge in [0.2, 0.25) is 0 Å². The number of aromatic nitrogens is 2. The zero-order valence-electron chi connectivity index (χ0n) is 12.8. The maximum Gasteiger partial charge on any atom is 0.0779 e. The lowest BCUT2D eigenvalue weighted by molar-refractivity contribution is -0.0688. The van der Waals surface area contributed by atoms with Crippen LogP contribution in [0.15, 0.2) is 6.20 Å². The van der Waals surface area contributed by atoms with Crippen LogP contribution in [0.5, 0.6) is 0 Å². The molecule has 1 saturated heterocycles. The maximum atomic E-state index is 6.43. The third-order valence-electron chi connectivity index (χ3n) is 4.91. The van der Waals surface area contributed by atoms with Gasteiger partial charge >= 0.3 is 0 Å². The van der Waals surface area contributed by atoms with Gasteiger partial charge in [0.15, 0.2) is 0 Å². The van der Waals surface area contributed by atoms with Crippen molar-refractivity contribution in [2.45, 2.75) is 76.7 Å². The highest BCUT2D eigenvalue weighted by atomic mass is 16.5. The van der Waals surface area contributed by atoms with Crippen molar-refractivity contribution in [3.8, 4) is 0 Å². The monoisotopic (exact) mass is 277 g/mol. The Bertz CT molecular complexity index is 449. The number of nitrogens with zero attached hydrogens (tertiary/aromatic N) is 2. The van der Waals surface area contributed by atoms with Gasteiger partial charge in [0, 0.05) is 18.3 Å². The van der Waals surface area contributed by atoms with Crippen molar-refractivity contribution >= 4 is 0 Å². The number of rotatable bonds is 4. The first-order valence-corrected chi connectivity index (χ1v) is 8.06. The van der Waals surface area contributed by atoms with Crippen molar-refractivity contribution in [3.05, 3.63) is 17.5 Å². The summed E-state index contributed by atoms with van der Waals surface area (Å²) in [5.74, 6) is 0. The van der Waals surface area contributed by atoms with Crippen molar-refractivity contribution in [2.75, 3.05) is 7.05 Å². The van der Waals surface area contributed by atoms with Gasteiger partial charge in [-0.2, -0.15) is 5.10 Å². The fraction of sp³-hybridized carbons (Fsp3) is 0.812. The molecule has 1 unspecified atom stereocenters. The van der Waals surface area contributed by atoms with E-state index in [2.05, 4.69) is 28.2 Å². The van der Waals surface area contributed by atoms with Crippen LogP contribution < -0.4 is 5.32 Å². The fourth-order valence-electron chi connectivity index (χ4n) is 3.81. The van der Waals surface area contributed by atoms with Gasteiger partial charge in [0.05, 0.1) is 23.9 Å². The molecule has 0 aromatic carbocycles. The van der Waals surface area contributed by atoms with Crippen LogP contribution in [0.2, 0.25) is 0 Å². The molecule has 4 heteroatoms. The quantitative estimate of drug-likeness (QED) is 0.920. The number of hydrogen-bond donors (Lipinski definition) is 1. The first kappa shape index (κ1) is 14.1. The van der Waals surface area contributed by atoms with Crippen LogP contribution in [0.1, 0.15) is 56.2 Å². The van der Waals surface area contributed by atoms with E-state index in [1.165, 1.54) is 50.5 Å². The number of ether oxygens (including phenoxy) is 1. The predicted octanol–water partition coefficient (Wildman–Crippen LogP) is 2.79. The van der Waals surface area contributed by atoms with Crippen LogP contribution in [-0.4, -0.2) is 28.5 Å². The molecular formula is C16H27N3O. The van der Waals surface area contributed by atoms with Gasteiger partial charge in [-0.3, -0.25) is 4.68 Å². The van der Waals surface area contributed by atoms with E-state index in [1.54, 1.807) is 0 Å². The number of hydrogen-bond acceptors (Lipinski definition) is 3. The van der Waals surface area contributed by atoms with Crippen molar-refractivity contribution in [3.63, 3.8) is 0 Å². The summed E-state index contributed by atoms with van der Waals surface area (Å²) in [6, 6.07) is 0. The summed E-state index contributed by atoms with van der Waals surface area (Å²) in [6.07, 6.45) is 11.6. The van der Waals surface area contributed by atoms with E-state index in [-0.39, 0.29) is 5.60 Å². The highest BCUT2D eigenvalue weighted by molar-refractivity contribution is 5.15. The van der Waals surface area contributed by atoms with Crippen LogP contribution in [0, 0.1) is 6.92 Å². The van der Waals surface area contributed by atoms with E-state index in [4.69, 9.17) is 4.74 Å². The van der Waals surface area contributed by atoms with Gasteiger partial charge in [-0.25, -0.2) is 0 Å². The smallest absolute Gasteiger partial charge is 0.0779 e. The molecule has 0 bridgehead atoms. The summed E-state index contributed by atoms with van der Waals surface area (Å²) < 4.78 is 8.50. The Hall–Kier alpha value is -0.870. The normalized spacial score (nSPS) is 25.4. The van der Waals surface area contributed by atoms with Crippen LogP contribution in [0.3, 0.4) is 0 Å². The van der Waals surface area contributed by atoms with Crippen molar-refractivity contribution in [1.82, 2.24) is 15.1 Å². The van der Waals surface area contributed by atoms with E-state index in [0.717, 1.165) is 18.8 Å². The average Bonchev–Trinajstić information content (AvgIpc) is 2.97. The Labute approximate surface area is 121 Å². The lowest BCUT2D eigenvalue weighted by atomic mass is 9.83. The third-order valence-corrected chi connectivity index (χ3v) is 4.91. The molecule has 1 atom stereocenters. The zero-order valence-corrected chi connectivity index (χ0v) is 12.8. The van der Waals surface area contributed by atoms with Crippen LogP contribution in [-0.2, 0) is 17.8 Å². The first-order valence-electron chi connectivity index (χ1n) is 8.06. The van der Waals surface area contributed by atoms with Gasteiger partial charge in [-0.1, -0.05) is 19.3 Å². The minimum absolute atomic E-state index is 0.221. The van der Waals surface area contributed by atoms with E-state index < -0.39 is 0 Å². The van der Waals surface area contributed by atoms with Crippen molar-refractivity contribution in [2.24, 2.45) is 0 Å². The topological polar surface area (TPSA) is 39.1 Å². The highest BCUT2D eigenvalue weighted by Gasteiger charge is 2.40. The van der Waals surface area contributed by atoms with Crippen molar-refractivity contribution in [1.29, 1.82) is 0 Å². The lowest BCUT2D eigenvalue weighted by Gasteiger charge is -2.33. The Morgan fingerprint density at radius 3 is 2.90 bits per heavy atom. The molecule has 1 aliphatic heterocycles. The standard InChI is InChI=1S/C16H27N3O/c1-13-14(10-17-2)11-19(18-13)12-15-6-9-16(20-15)7-4-3-5-8-16/h11,15,17H,3-10,12H2,1-2H3. The summed E-state index contributed by atoms with van der Waals surface area (Å²) in [6.45, 7) is 3.88. The molecule has 112 valence electrons. The largest absolute Gasteiger partial charge is 0.370 e. The van der Waals surface area contributed by atoms with E-state index in [0.29, 0.717) is 6.10 Å². The summed E-state index contributed by atoms with van der Waals surface area (Å²) >= 11 is 0. The molecule has 0 radical (unpaired) electrons. The second-order valence-electron chi connectivity index (χ2n) is 6.51. The Morgan fingerprint density at radius 2 is 2.15 bits per heavy atom. The maximum absolute atomic E-state index is 6.43. The van der Waals surface area contributed by atoms with E-state index in [9.17, 15) is 0 Å². The molecule has 1 aromatic heterocycles.